The second-order valence-electron chi connectivity index (χ2n) is 15.4. The first-order valence-corrected chi connectivity index (χ1v) is 17.8. The van der Waals surface area contributed by atoms with Crippen LogP contribution in [0, 0.1) is 11.2 Å². The maximum absolute atomic E-state index is 16.7. The van der Waals surface area contributed by atoms with Gasteiger partial charge < -0.3 is 29.9 Å². The number of nitrogen functional groups attached to an aromatic ring is 1. The predicted molar refractivity (Wildman–Crippen MR) is 186 cm³/mol. The van der Waals surface area contributed by atoms with E-state index in [1.54, 1.807) is 25.7 Å². The van der Waals surface area contributed by atoms with Crippen molar-refractivity contribution in [1.29, 1.82) is 0 Å². The number of alkyl halides is 3. The van der Waals surface area contributed by atoms with Gasteiger partial charge in [-0.25, -0.2) is 13.6 Å². The van der Waals surface area contributed by atoms with Crippen molar-refractivity contribution in [1.82, 2.24) is 24.8 Å². The SMILES string of the molecule is CC(C)(C)OC(=O)N1CC2CCC(C1)N2c1nc(OCC2(CN3CCC(=CF)CC3)CC2)nc2c(F)c(-c3cc(N)cc(Cl)c3C(F)(F)F)ncc12. The van der Waals surface area contributed by atoms with Gasteiger partial charge in [0.2, 0.25) is 0 Å². The lowest BCUT2D eigenvalue weighted by atomic mass is 10.0. The van der Waals surface area contributed by atoms with E-state index in [9.17, 15) is 22.4 Å². The molecule has 16 heteroatoms. The van der Waals surface area contributed by atoms with Crippen LogP contribution in [0.15, 0.2) is 30.2 Å². The number of halogens is 6. The third-order valence-corrected chi connectivity index (χ3v) is 10.6. The fraction of sp³-hybridized carbons (Fsp3) is 0.556. The van der Waals surface area contributed by atoms with Gasteiger partial charge in [0.25, 0.3) is 0 Å². The van der Waals surface area contributed by atoms with E-state index in [1.165, 1.54) is 6.20 Å². The molecule has 2 unspecified atom stereocenters. The quantitative estimate of drug-likeness (QED) is 0.191. The standard InChI is InChI=1S/C36H41ClF5N7O3/c1-34(2,3)52-33(50)48-16-22-4-5-23(17-48)49(22)31-25-15-44-29(24-12-21(43)13-26(37)27(24)36(40,41)42)28(39)30(25)45-32(46-31)51-19-35(8-9-35)18-47-10-6-20(14-38)7-11-47/h12-15,22-23H,4-11,16-19,43H2,1-3H3. The summed E-state index contributed by atoms with van der Waals surface area (Å²) in [7, 11) is 0. The Bertz CT molecular complexity index is 1890. The monoisotopic (exact) mass is 749 g/mol. The van der Waals surface area contributed by atoms with E-state index >= 15 is 4.39 Å². The molecular formula is C36H41ClF5N7O3. The molecule has 280 valence electrons. The molecule has 1 aromatic carbocycles. The number of aromatic nitrogens is 3. The molecule has 1 amide bonds. The molecule has 2 aromatic heterocycles. The van der Waals surface area contributed by atoms with Gasteiger partial charge in [-0.2, -0.15) is 23.1 Å². The summed E-state index contributed by atoms with van der Waals surface area (Å²) in [6.45, 7) is 8.51. The van der Waals surface area contributed by atoms with E-state index in [4.69, 9.17) is 31.8 Å². The molecule has 2 atom stereocenters. The summed E-state index contributed by atoms with van der Waals surface area (Å²) >= 11 is 6.01. The number of fused-ring (bicyclic) bond motifs is 3. The Morgan fingerprint density at radius 3 is 2.37 bits per heavy atom. The first kappa shape index (κ1) is 36.4. The molecule has 4 fully saturated rings. The first-order chi connectivity index (χ1) is 24.5. The molecule has 52 heavy (non-hydrogen) atoms. The van der Waals surface area contributed by atoms with E-state index in [1.807, 2.05) is 4.90 Å². The van der Waals surface area contributed by atoms with Crippen molar-refractivity contribution in [2.24, 2.45) is 5.41 Å². The van der Waals surface area contributed by atoms with Crippen molar-refractivity contribution < 1.29 is 36.2 Å². The van der Waals surface area contributed by atoms with Crippen LogP contribution in [0.4, 0.5) is 38.3 Å². The minimum absolute atomic E-state index is 0.0958. The number of likely N-dealkylation sites (tertiary alicyclic amines) is 2. The summed E-state index contributed by atoms with van der Waals surface area (Å²) in [5, 5.41) is -0.498. The van der Waals surface area contributed by atoms with Gasteiger partial charge in [0.15, 0.2) is 5.82 Å². The van der Waals surface area contributed by atoms with E-state index in [-0.39, 0.29) is 46.7 Å². The zero-order valence-corrected chi connectivity index (χ0v) is 30.0. The highest BCUT2D eigenvalue weighted by atomic mass is 35.5. The third kappa shape index (κ3) is 7.30. The van der Waals surface area contributed by atoms with Gasteiger partial charge in [-0.1, -0.05) is 11.6 Å². The highest BCUT2D eigenvalue weighted by molar-refractivity contribution is 6.32. The number of hydrogen-bond acceptors (Lipinski definition) is 9. The normalized spacial score (nSPS) is 21.8. The Morgan fingerprint density at radius 2 is 1.77 bits per heavy atom. The zero-order chi connectivity index (χ0) is 37.2. The van der Waals surface area contributed by atoms with Gasteiger partial charge in [0.1, 0.15) is 22.6 Å². The number of amides is 1. The molecule has 5 heterocycles. The highest BCUT2D eigenvalue weighted by Crippen LogP contribution is 2.48. The molecule has 3 aromatic rings. The molecule has 3 aliphatic heterocycles. The summed E-state index contributed by atoms with van der Waals surface area (Å²) in [6.07, 6.45) is 1.15. The zero-order valence-electron chi connectivity index (χ0n) is 29.2. The van der Waals surface area contributed by atoms with E-state index in [0.29, 0.717) is 50.9 Å². The number of pyridine rings is 1. The Kier molecular flexibility index (Phi) is 9.42. The Hall–Kier alpha value is -3.98. The number of nitrogens with zero attached hydrogens (tertiary/aromatic N) is 6. The van der Waals surface area contributed by atoms with Crippen LogP contribution in [0.3, 0.4) is 0 Å². The Morgan fingerprint density at radius 1 is 1.10 bits per heavy atom. The largest absolute Gasteiger partial charge is 0.463 e. The van der Waals surface area contributed by atoms with Crippen molar-refractivity contribution >= 4 is 40.1 Å². The van der Waals surface area contributed by atoms with Crippen molar-refractivity contribution in [3.05, 3.63) is 46.6 Å². The number of anilines is 2. The molecule has 3 saturated heterocycles. The summed E-state index contributed by atoms with van der Waals surface area (Å²) in [5.41, 5.74) is 2.95. The molecular weight excluding hydrogens is 709 g/mol. The number of carbonyl (C=O) groups is 1. The van der Waals surface area contributed by atoms with Gasteiger partial charge in [-0.05, 0) is 77.0 Å². The summed E-state index contributed by atoms with van der Waals surface area (Å²) in [4.78, 5) is 32.4. The Labute approximate surface area is 303 Å². The predicted octanol–water partition coefficient (Wildman–Crippen LogP) is 7.78. The van der Waals surface area contributed by atoms with Crippen LogP contribution in [-0.2, 0) is 10.9 Å². The summed E-state index contributed by atoms with van der Waals surface area (Å²) in [6, 6.07) is 1.41. The van der Waals surface area contributed by atoms with E-state index in [2.05, 4.69) is 14.9 Å². The maximum atomic E-state index is 16.7. The van der Waals surface area contributed by atoms with Crippen LogP contribution >= 0.6 is 11.6 Å². The number of nitrogens with two attached hydrogens (primary N) is 1. The number of benzene rings is 1. The number of piperazine rings is 1. The third-order valence-electron chi connectivity index (χ3n) is 10.3. The van der Waals surface area contributed by atoms with Crippen LogP contribution in [-0.4, -0.2) is 87.9 Å². The summed E-state index contributed by atoms with van der Waals surface area (Å²) in [5.74, 6) is -0.786. The van der Waals surface area contributed by atoms with Gasteiger partial charge in [0, 0.05) is 67.7 Å². The average molecular weight is 750 g/mol. The van der Waals surface area contributed by atoms with Crippen LogP contribution < -0.4 is 15.4 Å². The fourth-order valence-electron chi connectivity index (χ4n) is 7.62. The van der Waals surface area contributed by atoms with Crippen molar-refractivity contribution in [3.63, 3.8) is 0 Å². The highest BCUT2D eigenvalue weighted by Gasteiger charge is 2.47. The van der Waals surface area contributed by atoms with Crippen molar-refractivity contribution in [2.45, 2.75) is 83.2 Å². The minimum Gasteiger partial charge on any atom is -0.463 e. The molecule has 1 aliphatic carbocycles. The van der Waals surface area contributed by atoms with Crippen LogP contribution in [0.5, 0.6) is 6.01 Å². The summed E-state index contributed by atoms with van der Waals surface area (Å²) < 4.78 is 84.4. The fourth-order valence-corrected chi connectivity index (χ4v) is 7.96. The average Bonchev–Trinajstić information content (AvgIpc) is 3.78. The van der Waals surface area contributed by atoms with Gasteiger partial charge in [-0.3, -0.25) is 4.98 Å². The van der Waals surface area contributed by atoms with E-state index < -0.39 is 45.5 Å². The first-order valence-electron chi connectivity index (χ1n) is 17.5. The minimum atomic E-state index is -4.93. The number of ether oxygens (including phenoxy) is 2. The molecule has 2 bridgehead atoms. The molecule has 4 aliphatic rings. The van der Waals surface area contributed by atoms with Crippen molar-refractivity contribution in [3.8, 4) is 17.3 Å². The lowest BCUT2D eigenvalue weighted by Crippen LogP contribution is -2.56. The molecule has 10 nitrogen and oxygen atoms in total. The van der Waals surface area contributed by atoms with Crippen molar-refractivity contribution in [2.75, 3.05) is 50.0 Å². The van der Waals surface area contributed by atoms with Gasteiger partial charge in [0.05, 0.1) is 28.9 Å². The van der Waals surface area contributed by atoms with Crippen LogP contribution in [0.1, 0.15) is 64.9 Å². The van der Waals surface area contributed by atoms with E-state index in [0.717, 1.165) is 50.2 Å². The molecule has 1 saturated carbocycles. The molecule has 0 radical (unpaired) electrons. The van der Waals surface area contributed by atoms with Crippen LogP contribution in [0.2, 0.25) is 5.02 Å². The molecule has 2 N–H and O–H groups in total. The number of carbonyl (C=O) groups excluding carboxylic acids is 1. The number of piperidine rings is 1. The topological polar surface area (TPSA) is 110 Å². The Balaban J connectivity index is 1.26. The smallest absolute Gasteiger partial charge is 0.418 e. The lowest BCUT2D eigenvalue weighted by Gasteiger charge is -2.42. The second kappa shape index (κ2) is 13.5. The van der Waals surface area contributed by atoms with Crippen LogP contribution in [0.25, 0.3) is 22.2 Å². The number of hydrogen-bond donors (Lipinski definition) is 1. The molecule has 0 spiro atoms. The second-order valence-corrected chi connectivity index (χ2v) is 15.9. The van der Waals surface area contributed by atoms with Gasteiger partial charge >= 0.3 is 18.3 Å². The molecule has 7 rings (SSSR count). The van der Waals surface area contributed by atoms with Gasteiger partial charge in [-0.15, -0.1) is 0 Å². The number of rotatable bonds is 7. The lowest BCUT2D eigenvalue weighted by molar-refractivity contribution is -0.137. The maximum Gasteiger partial charge on any atom is 0.418 e.